The highest BCUT2D eigenvalue weighted by atomic mass is 35.5. The van der Waals surface area contributed by atoms with Crippen LogP contribution in [-0.4, -0.2) is 40.6 Å². The van der Waals surface area contributed by atoms with Crippen molar-refractivity contribution in [3.05, 3.63) is 70.5 Å². The molecule has 0 radical (unpaired) electrons. The second kappa shape index (κ2) is 7.58. The minimum atomic E-state index is 0.000624. The Morgan fingerprint density at radius 3 is 2.81 bits per heavy atom. The van der Waals surface area contributed by atoms with Crippen LogP contribution in [0.5, 0.6) is 11.5 Å². The molecule has 1 N–H and O–H groups in total. The van der Waals surface area contributed by atoms with Crippen LogP contribution >= 0.6 is 11.6 Å². The molecule has 1 atom stereocenters. The van der Waals surface area contributed by atoms with Gasteiger partial charge in [0.25, 0.3) is 0 Å². The van der Waals surface area contributed by atoms with Crippen molar-refractivity contribution < 1.29 is 9.47 Å². The topological polar surface area (TPSA) is 63.3 Å². The number of methoxy groups -OCH3 is 2. The SMILES string of the molecule is COc1ccc(OC)c(CN2CCc3[nH]cnc3C2c2ccc(Cl)nc2)c1. The number of aromatic amines is 1. The predicted octanol–water partition coefficient (Wildman–Crippen LogP) is 3.62. The Hall–Kier alpha value is -2.57. The molecule has 7 heteroatoms. The zero-order valence-electron chi connectivity index (χ0n) is 15.3. The lowest BCUT2D eigenvalue weighted by Gasteiger charge is -2.35. The third-order valence-corrected chi connectivity index (χ3v) is 5.18. The zero-order valence-corrected chi connectivity index (χ0v) is 16.0. The molecule has 1 unspecified atom stereocenters. The average molecular weight is 385 g/mol. The van der Waals surface area contributed by atoms with Crippen LogP contribution in [0.3, 0.4) is 0 Å². The van der Waals surface area contributed by atoms with Crippen LogP contribution in [0.25, 0.3) is 0 Å². The molecule has 0 saturated carbocycles. The van der Waals surface area contributed by atoms with Crippen molar-refractivity contribution in [3.63, 3.8) is 0 Å². The molecule has 0 saturated heterocycles. The van der Waals surface area contributed by atoms with E-state index < -0.39 is 0 Å². The summed E-state index contributed by atoms with van der Waals surface area (Å²) >= 11 is 5.99. The highest BCUT2D eigenvalue weighted by Crippen LogP contribution is 2.36. The fourth-order valence-electron chi connectivity index (χ4n) is 3.64. The van der Waals surface area contributed by atoms with E-state index in [1.807, 2.05) is 36.5 Å². The minimum Gasteiger partial charge on any atom is -0.497 e. The molecule has 1 aliphatic rings. The third kappa shape index (κ3) is 3.50. The van der Waals surface area contributed by atoms with Gasteiger partial charge in [0.1, 0.15) is 16.7 Å². The Bertz CT molecular complexity index is 926. The molecular weight excluding hydrogens is 364 g/mol. The number of ether oxygens (including phenoxy) is 2. The van der Waals surface area contributed by atoms with Crippen molar-refractivity contribution in [3.8, 4) is 11.5 Å². The molecule has 6 nitrogen and oxygen atoms in total. The first-order valence-electron chi connectivity index (χ1n) is 8.78. The average Bonchev–Trinajstić information content (AvgIpc) is 3.17. The summed E-state index contributed by atoms with van der Waals surface area (Å²) in [6.45, 7) is 1.60. The molecule has 0 fully saturated rings. The van der Waals surface area contributed by atoms with Gasteiger partial charge in [-0.2, -0.15) is 0 Å². The lowest BCUT2D eigenvalue weighted by molar-refractivity contribution is 0.197. The number of hydrogen-bond acceptors (Lipinski definition) is 5. The summed E-state index contributed by atoms with van der Waals surface area (Å²) in [6.07, 6.45) is 4.50. The number of hydrogen-bond donors (Lipinski definition) is 1. The molecule has 0 spiro atoms. The van der Waals surface area contributed by atoms with Gasteiger partial charge in [-0.05, 0) is 29.8 Å². The van der Waals surface area contributed by atoms with Crippen molar-refractivity contribution >= 4 is 11.6 Å². The molecule has 4 rings (SSSR count). The molecule has 3 heterocycles. The first kappa shape index (κ1) is 17.8. The Morgan fingerprint density at radius 1 is 1.19 bits per heavy atom. The van der Waals surface area contributed by atoms with E-state index in [2.05, 4.69) is 19.9 Å². The maximum absolute atomic E-state index is 5.99. The summed E-state index contributed by atoms with van der Waals surface area (Å²) in [4.78, 5) is 14.5. The van der Waals surface area contributed by atoms with E-state index in [1.54, 1.807) is 20.5 Å². The number of benzene rings is 1. The molecule has 3 aromatic rings. The summed E-state index contributed by atoms with van der Waals surface area (Å²) in [5, 5.41) is 0.484. The monoisotopic (exact) mass is 384 g/mol. The van der Waals surface area contributed by atoms with Crippen molar-refractivity contribution in [1.82, 2.24) is 19.9 Å². The lowest BCUT2D eigenvalue weighted by Crippen LogP contribution is -2.36. The first-order valence-corrected chi connectivity index (χ1v) is 9.16. The van der Waals surface area contributed by atoms with Gasteiger partial charge >= 0.3 is 0 Å². The molecule has 0 aliphatic carbocycles. The Labute approximate surface area is 163 Å². The second-order valence-electron chi connectivity index (χ2n) is 6.48. The molecule has 140 valence electrons. The highest BCUT2D eigenvalue weighted by molar-refractivity contribution is 6.29. The maximum atomic E-state index is 5.99. The predicted molar refractivity (Wildman–Crippen MR) is 103 cm³/mol. The molecule has 1 aliphatic heterocycles. The fourth-order valence-corrected chi connectivity index (χ4v) is 3.75. The van der Waals surface area contributed by atoms with E-state index in [4.69, 9.17) is 21.1 Å². The number of nitrogens with zero attached hydrogens (tertiary/aromatic N) is 3. The highest BCUT2D eigenvalue weighted by Gasteiger charge is 2.31. The molecule has 2 aromatic heterocycles. The van der Waals surface area contributed by atoms with Gasteiger partial charge in [-0.15, -0.1) is 0 Å². The van der Waals surface area contributed by atoms with E-state index in [0.29, 0.717) is 11.7 Å². The van der Waals surface area contributed by atoms with Gasteiger partial charge in [-0.25, -0.2) is 9.97 Å². The van der Waals surface area contributed by atoms with Gasteiger partial charge in [-0.1, -0.05) is 17.7 Å². The molecule has 0 amide bonds. The van der Waals surface area contributed by atoms with Crippen molar-refractivity contribution in [2.24, 2.45) is 0 Å². The Morgan fingerprint density at radius 2 is 2.07 bits per heavy atom. The van der Waals surface area contributed by atoms with E-state index in [9.17, 15) is 0 Å². The lowest BCUT2D eigenvalue weighted by atomic mass is 9.96. The van der Waals surface area contributed by atoms with Crippen molar-refractivity contribution in [2.45, 2.75) is 19.0 Å². The summed E-state index contributed by atoms with van der Waals surface area (Å²) in [6, 6.07) is 9.71. The van der Waals surface area contributed by atoms with Crippen LogP contribution in [0.4, 0.5) is 0 Å². The largest absolute Gasteiger partial charge is 0.497 e. The molecule has 27 heavy (non-hydrogen) atoms. The number of pyridine rings is 1. The van der Waals surface area contributed by atoms with Gasteiger partial charge in [-0.3, -0.25) is 4.90 Å². The van der Waals surface area contributed by atoms with Crippen LogP contribution in [-0.2, 0) is 13.0 Å². The third-order valence-electron chi connectivity index (χ3n) is 4.95. The molecule has 0 bridgehead atoms. The number of H-pyrrole nitrogens is 1. The number of fused-ring (bicyclic) bond motifs is 1. The molecular formula is C20H21ClN4O2. The zero-order chi connectivity index (χ0) is 18.8. The molecule has 1 aromatic carbocycles. The number of imidazole rings is 1. The smallest absolute Gasteiger partial charge is 0.129 e. The van der Waals surface area contributed by atoms with E-state index in [0.717, 1.165) is 41.3 Å². The van der Waals surface area contributed by atoms with Crippen LogP contribution in [0.1, 0.15) is 28.6 Å². The fraction of sp³-hybridized carbons (Fsp3) is 0.300. The van der Waals surface area contributed by atoms with Gasteiger partial charge in [0.15, 0.2) is 0 Å². The summed E-state index contributed by atoms with van der Waals surface area (Å²) in [5.74, 6) is 1.66. The number of rotatable bonds is 5. The first-order chi connectivity index (χ1) is 13.2. The Kier molecular flexibility index (Phi) is 5.01. The van der Waals surface area contributed by atoms with Crippen LogP contribution in [0.2, 0.25) is 5.15 Å². The standard InChI is InChI=1S/C20H21ClN4O2/c1-26-15-4-5-17(27-2)14(9-15)11-25-8-7-16-19(24-12-23-16)20(25)13-3-6-18(21)22-10-13/h3-6,9-10,12,20H,7-8,11H2,1-2H3,(H,23,24). The van der Waals surface area contributed by atoms with Crippen molar-refractivity contribution in [1.29, 1.82) is 0 Å². The summed E-state index contributed by atoms with van der Waals surface area (Å²) < 4.78 is 11.0. The van der Waals surface area contributed by atoms with Gasteiger partial charge in [0, 0.05) is 37.0 Å². The van der Waals surface area contributed by atoms with Crippen molar-refractivity contribution in [2.75, 3.05) is 20.8 Å². The number of nitrogens with one attached hydrogen (secondary N) is 1. The maximum Gasteiger partial charge on any atom is 0.129 e. The second-order valence-corrected chi connectivity index (χ2v) is 6.87. The van der Waals surface area contributed by atoms with E-state index >= 15 is 0 Å². The number of halogens is 1. The van der Waals surface area contributed by atoms with Gasteiger partial charge < -0.3 is 14.5 Å². The van der Waals surface area contributed by atoms with E-state index in [-0.39, 0.29) is 6.04 Å². The summed E-state index contributed by atoms with van der Waals surface area (Å²) in [5.41, 5.74) is 4.34. The Balaban J connectivity index is 1.72. The minimum absolute atomic E-state index is 0.000624. The van der Waals surface area contributed by atoms with Crippen LogP contribution in [0, 0.1) is 0 Å². The quantitative estimate of drug-likeness (QED) is 0.680. The van der Waals surface area contributed by atoms with Gasteiger partial charge in [0.2, 0.25) is 0 Å². The van der Waals surface area contributed by atoms with E-state index in [1.165, 1.54) is 5.69 Å². The number of aromatic nitrogens is 3. The van der Waals surface area contributed by atoms with Gasteiger partial charge in [0.05, 0.1) is 32.3 Å². The van der Waals surface area contributed by atoms with Crippen LogP contribution < -0.4 is 9.47 Å². The van der Waals surface area contributed by atoms with Crippen LogP contribution in [0.15, 0.2) is 42.9 Å². The normalized spacial score (nSPS) is 16.8. The summed E-state index contributed by atoms with van der Waals surface area (Å²) in [7, 11) is 3.36.